The molecule has 0 saturated carbocycles. The fraction of sp³-hybridized carbons (Fsp3) is 0.0625. The summed E-state index contributed by atoms with van der Waals surface area (Å²) in [7, 11) is 0. The average Bonchev–Trinajstić information content (AvgIpc) is 3.02. The molecule has 0 aliphatic carbocycles. The normalized spacial score (nSPS) is 11.9. The summed E-state index contributed by atoms with van der Waals surface area (Å²) in [5, 5.41) is 19.2. The Morgan fingerprint density at radius 1 is 1.09 bits per heavy atom. The van der Waals surface area contributed by atoms with Crippen LogP contribution in [-0.2, 0) is 0 Å². The molecule has 0 bridgehead atoms. The van der Waals surface area contributed by atoms with Gasteiger partial charge in [-0.3, -0.25) is 4.40 Å². The zero-order chi connectivity index (χ0) is 15.1. The van der Waals surface area contributed by atoms with Gasteiger partial charge in [-0.1, -0.05) is 35.6 Å². The summed E-state index contributed by atoms with van der Waals surface area (Å²) in [5.41, 5.74) is 3.59. The zero-order valence-corrected chi connectivity index (χ0v) is 12.6. The van der Waals surface area contributed by atoms with E-state index >= 15 is 0 Å². The second-order valence-corrected chi connectivity index (χ2v) is 5.94. The third-order valence-electron chi connectivity index (χ3n) is 3.38. The van der Waals surface area contributed by atoms with E-state index in [9.17, 15) is 5.11 Å². The molecule has 6 heteroatoms. The molecule has 1 N–H and O–H groups in total. The summed E-state index contributed by atoms with van der Waals surface area (Å²) < 4.78 is 1.70. The second-order valence-electron chi connectivity index (χ2n) is 4.99. The van der Waals surface area contributed by atoms with E-state index in [2.05, 4.69) is 15.2 Å². The minimum absolute atomic E-state index is 0.0742. The lowest BCUT2D eigenvalue weighted by Crippen LogP contribution is -1.77. The Hall–Kier alpha value is -2.73. The highest BCUT2D eigenvalue weighted by atomic mass is 32.1. The number of rotatable bonds is 2. The van der Waals surface area contributed by atoms with E-state index in [1.54, 1.807) is 4.40 Å². The molecule has 0 aliphatic heterocycles. The summed E-state index contributed by atoms with van der Waals surface area (Å²) in [6.45, 7) is 2.00. The van der Waals surface area contributed by atoms with Gasteiger partial charge in [0.2, 0.25) is 10.9 Å². The lowest BCUT2D eigenvalue weighted by molar-refractivity contribution is 0.453. The van der Waals surface area contributed by atoms with Crippen molar-refractivity contribution >= 4 is 38.0 Å². The van der Waals surface area contributed by atoms with Crippen LogP contribution in [0, 0.1) is 6.92 Å². The van der Waals surface area contributed by atoms with Crippen molar-refractivity contribution in [1.29, 1.82) is 0 Å². The highest BCUT2D eigenvalue weighted by Crippen LogP contribution is 2.39. The number of aromatic hydroxyl groups is 1. The van der Waals surface area contributed by atoms with Crippen molar-refractivity contribution in [3.63, 3.8) is 0 Å². The first kappa shape index (κ1) is 13.0. The summed E-state index contributed by atoms with van der Waals surface area (Å²) in [5.74, 6) is 0.0742. The van der Waals surface area contributed by atoms with Gasteiger partial charge in [0.1, 0.15) is 0 Å². The number of aryl methyl sites for hydroxylation is 1. The number of fused-ring (bicyclic) bond motifs is 3. The number of thiazole rings is 1. The summed E-state index contributed by atoms with van der Waals surface area (Å²) in [4.78, 5) is 5.19. The molecule has 0 radical (unpaired) electrons. The highest BCUT2D eigenvalue weighted by molar-refractivity contribution is 7.21. The number of aromatic nitrogens is 2. The molecule has 2 aromatic carbocycles. The third-order valence-corrected chi connectivity index (χ3v) is 4.29. The van der Waals surface area contributed by atoms with Crippen LogP contribution in [0.15, 0.2) is 58.8 Å². The fourth-order valence-electron chi connectivity index (χ4n) is 2.36. The first-order valence-corrected chi connectivity index (χ1v) is 7.61. The van der Waals surface area contributed by atoms with E-state index in [0.29, 0.717) is 9.96 Å². The number of benzene rings is 2. The molecule has 5 nitrogen and oxygen atoms in total. The molecule has 22 heavy (non-hydrogen) atoms. The van der Waals surface area contributed by atoms with Crippen molar-refractivity contribution in [2.45, 2.75) is 6.92 Å². The van der Waals surface area contributed by atoms with Gasteiger partial charge < -0.3 is 5.11 Å². The van der Waals surface area contributed by atoms with Crippen LogP contribution in [0.4, 0.5) is 10.7 Å². The van der Waals surface area contributed by atoms with Crippen molar-refractivity contribution in [3.05, 3.63) is 54.1 Å². The summed E-state index contributed by atoms with van der Waals surface area (Å²) in [6.07, 6.45) is 0. The van der Waals surface area contributed by atoms with Crippen LogP contribution in [0.1, 0.15) is 5.56 Å². The van der Waals surface area contributed by atoms with E-state index in [-0.39, 0.29) is 5.88 Å². The molecule has 2 heterocycles. The first-order chi connectivity index (χ1) is 10.7. The second kappa shape index (κ2) is 4.92. The Morgan fingerprint density at radius 2 is 1.95 bits per heavy atom. The van der Waals surface area contributed by atoms with Crippen molar-refractivity contribution in [2.24, 2.45) is 10.2 Å². The maximum atomic E-state index is 10.4. The van der Waals surface area contributed by atoms with Gasteiger partial charge in [-0.05, 0) is 36.8 Å². The van der Waals surface area contributed by atoms with Crippen LogP contribution in [0.25, 0.3) is 16.0 Å². The number of imidazole rings is 1. The maximum Gasteiger partial charge on any atom is 0.237 e. The predicted molar refractivity (Wildman–Crippen MR) is 87.6 cm³/mol. The lowest BCUT2D eigenvalue weighted by Gasteiger charge is -1.95. The van der Waals surface area contributed by atoms with Crippen LogP contribution in [0.5, 0.6) is 5.88 Å². The minimum Gasteiger partial charge on any atom is -0.492 e. The van der Waals surface area contributed by atoms with Crippen molar-refractivity contribution in [3.8, 4) is 5.88 Å². The van der Waals surface area contributed by atoms with E-state index in [0.717, 1.165) is 22.3 Å². The van der Waals surface area contributed by atoms with Crippen molar-refractivity contribution in [2.75, 3.05) is 0 Å². The van der Waals surface area contributed by atoms with Gasteiger partial charge in [-0.2, -0.15) is 0 Å². The van der Waals surface area contributed by atoms with Gasteiger partial charge in [0.05, 0.1) is 16.7 Å². The molecule has 108 valence electrons. The van der Waals surface area contributed by atoms with E-state index in [1.807, 2.05) is 55.5 Å². The number of para-hydroxylation sites is 2. The fourth-order valence-corrected chi connectivity index (χ4v) is 3.22. The largest absolute Gasteiger partial charge is 0.492 e. The van der Waals surface area contributed by atoms with Crippen LogP contribution in [-0.4, -0.2) is 14.5 Å². The highest BCUT2D eigenvalue weighted by Gasteiger charge is 2.15. The Morgan fingerprint density at radius 3 is 2.82 bits per heavy atom. The first-order valence-electron chi connectivity index (χ1n) is 6.80. The molecule has 0 amide bonds. The molecule has 0 spiro atoms. The number of hydrogen-bond donors (Lipinski definition) is 1. The number of nitrogens with zero attached hydrogens (tertiary/aromatic N) is 4. The van der Waals surface area contributed by atoms with E-state index in [1.165, 1.54) is 11.3 Å². The van der Waals surface area contributed by atoms with E-state index in [4.69, 9.17) is 0 Å². The molecule has 0 atom stereocenters. The monoisotopic (exact) mass is 308 g/mol. The SMILES string of the molecule is Cc1cccc(N=Nc2sc3nc4ccccc4n3c2O)c1. The molecule has 0 unspecified atom stereocenters. The van der Waals surface area contributed by atoms with Gasteiger partial charge in [-0.15, -0.1) is 10.2 Å². The molecule has 0 saturated heterocycles. The van der Waals surface area contributed by atoms with Gasteiger partial charge in [0, 0.05) is 0 Å². The van der Waals surface area contributed by atoms with Crippen LogP contribution >= 0.6 is 11.3 Å². The van der Waals surface area contributed by atoms with E-state index < -0.39 is 0 Å². The number of azo groups is 1. The molecule has 4 aromatic rings. The molecule has 0 aliphatic rings. The smallest absolute Gasteiger partial charge is 0.237 e. The summed E-state index contributed by atoms with van der Waals surface area (Å²) >= 11 is 1.31. The Labute approximate surface area is 130 Å². The third kappa shape index (κ3) is 2.05. The van der Waals surface area contributed by atoms with Gasteiger partial charge in [-0.25, -0.2) is 4.98 Å². The number of hydrogen-bond acceptors (Lipinski definition) is 5. The molecule has 4 rings (SSSR count). The minimum atomic E-state index is 0.0742. The average molecular weight is 308 g/mol. The Bertz CT molecular complexity index is 1020. The van der Waals surface area contributed by atoms with Gasteiger partial charge in [0.25, 0.3) is 0 Å². The molecular formula is C16H12N4OS. The van der Waals surface area contributed by atoms with Gasteiger partial charge >= 0.3 is 0 Å². The standard InChI is InChI=1S/C16H12N4OS/c1-10-5-4-6-11(9-10)18-19-14-15(21)20-13-8-3-2-7-12(13)17-16(20)22-14/h2-9,21H,1H3. The Kier molecular flexibility index (Phi) is 2.90. The van der Waals surface area contributed by atoms with Crippen LogP contribution in [0.2, 0.25) is 0 Å². The zero-order valence-electron chi connectivity index (χ0n) is 11.8. The molecular weight excluding hydrogens is 296 g/mol. The van der Waals surface area contributed by atoms with Crippen molar-refractivity contribution in [1.82, 2.24) is 9.38 Å². The maximum absolute atomic E-state index is 10.4. The molecule has 0 fully saturated rings. The predicted octanol–water partition coefficient (Wildman–Crippen LogP) is 4.98. The topological polar surface area (TPSA) is 62.2 Å². The van der Waals surface area contributed by atoms with Gasteiger partial charge in [0.15, 0.2) is 4.96 Å². The molecule has 2 aromatic heterocycles. The lowest BCUT2D eigenvalue weighted by atomic mass is 10.2. The Balaban J connectivity index is 1.81. The quantitative estimate of drug-likeness (QED) is 0.531. The summed E-state index contributed by atoms with van der Waals surface area (Å²) in [6, 6.07) is 15.4. The van der Waals surface area contributed by atoms with Crippen LogP contribution in [0.3, 0.4) is 0 Å². The van der Waals surface area contributed by atoms with Crippen LogP contribution < -0.4 is 0 Å². The van der Waals surface area contributed by atoms with Crippen molar-refractivity contribution < 1.29 is 5.11 Å².